The number of anilines is 1. The van der Waals surface area contributed by atoms with E-state index in [1.165, 1.54) is 19.3 Å². The van der Waals surface area contributed by atoms with E-state index in [1.54, 1.807) is 23.4 Å². The average molecular weight is 416 g/mol. The SMILES string of the molecule is O=C1c2cc(-c3cnc(N4CCCCC4)nc3)ccc2OCCN1Cc1ncccn1. The minimum Gasteiger partial charge on any atom is -0.491 e. The number of hydrogen-bond donors (Lipinski definition) is 0. The summed E-state index contributed by atoms with van der Waals surface area (Å²) in [6, 6.07) is 7.42. The van der Waals surface area contributed by atoms with Crippen LogP contribution in [-0.2, 0) is 6.54 Å². The Morgan fingerprint density at radius 1 is 0.903 bits per heavy atom. The highest BCUT2D eigenvalue weighted by atomic mass is 16.5. The number of rotatable bonds is 4. The Balaban J connectivity index is 1.39. The zero-order valence-electron chi connectivity index (χ0n) is 17.3. The van der Waals surface area contributed by atoms with Crippen molar-refractivity contribution in [2.75, 3.05) is 31.1 Å². The lowest BCUT2D eigenvalue weighted by atomic mass is 10.0. The maximum atomic E-state index is 13.2. The topological polar surface area (TPSA) is 84.3 Å². The molecule has 4 heterocycles. The van der Waals surface area contributed by atoms with Gasteiger partial charge in [-0.3, -0.25) is 4.79 Å². The van der Waals surface area contributed by atoms with E-state index < -0.39 is 0 Å². The summed E-state index contributed by atoms with van der Waals surface area (Å²) in [4.78, 5) is 34.8. The van der Waals surface area contributed by atoms with E-state index in [4.69, 9.17) is 4.74 Å². The molecule has 0 atom stereocenters. The third kappa shape index (κ3) is 4.19. The summed E-state index contributed by atoms with van der Waals surface area (Å²) in [5.74, 6) is 1.88. The summed E-state index contributed by atoms with van der Waals surface area (Å²) in [7, 11) is 0. The van der Waals surface area contributed by atoms with Gasteiger partial charge >= 0.3 is 0 Å². The summed E-state index contributed by atoms with van der Waals surface area (Å²) in [6.07, 6.45) is 10.7. The molecular formula is C23H24N6O2. The molecule has 1 fully saturated rings. The van der Waals surface area contributed by atoms with Crippen molar-refractivity contribution >= 4 is 11.9 Å². The highest BCUT2D eigenvalue weighted by Gasteiger charge is 2.25. The normalized spacial score (nSPS) is 16.5. The van der Waals surface area contributed by atoms with Crippen LogP contribution in [0.4, 0.5) is 5.95 Å². The number of carbonyl (C=O) groups is 1. The van der Waals surface area contributed by atoms with E-state index >= 15 is 0 Å². The van der Waals surface area contributed by atoms with Gasteiger partial charge in [0.2, 0.25) is 5.95 Å². The molecule has 158 valence electrons. The highest BCUT2D eigenvalue weighted by Crippen LogP contribution is 2.29. The average Bonchev–Trinajstić information content (AvgIpc) is 2.99. The second-order valence-corrected chi connectivity index (χ2v) is 7.77. The molecule has 31 heavy (non-hydrogen) atoms. The van der Waals surface area contributed by atoms with Crippen LogP contribution >= 0.6 is 0 Å². The van der Waals surface area contributed by atoms with Gasteiger partial charge in [0.05, 0.1) is 18.7 Å². The van der Waals surface area contributed by atoms with Gasteiger partial charge < -0.3 is 14.5 Å². The fourth-order valence-electron chi connectivity index (χ4n) is 4.00. The van der Waals surface area contributed by atoms with E-state index in [9.17, 15) is 4.79 Å². The van der Waals surface area contributed by atoms with Gasteiger partial charge in [0.1, 0.15) is 18.2 Å². The van der Waals surface area contributed by atoms with E-state index in [2.05, 4.69) is 24.8 Å². The molecule has 0 N–H and O–H groups in total. The van der Waals surface area contributed by atoms with Crippen LogP contribution in [-0.4, -0.2) is 57.0 Å². The number of piperidine rings is 1. The third-order valence-corrected chi connectivity index (χ3v) is 5.68. The molecule has 0 radical (unpaired) electrons. The minimum absolute atomic E-state index is 0.0901. The Morgan fingerprint density at radius 2 is 1.68 bits per heavy atom. The number of hydrogen-bond acceptors (Lipinski definition) is 7. The molecule has 3 aromatic rings. The van der Waals surface area contributed by atoms with Crippen molar-refractivity contribution in [3.8, 4) is 16.9 Å². The standard InChI is InChI=1S/C23H24N6O2/c30-22-19-13-17(18-14-26-23(27-15-18)28-9-2-1-3-10-28)5-6-20(19)31-12-11-29(22)16-21-24-7-4-8-25-21/h4-8,13-15H,1-3,9-12,16H2. The van der Waals surface area contributed by atoms with Crippen molar-refractivity contribution in [1.82, 2.24) is 24.8 Å². The van der Waals surface area contributed by atoms with Crippen LogP contribution in [0.5, 0.6) is 5.75 Å². The van der Waals surface area contributed by atoms with Gasteiger partial charge in [-0.2, -0.15) is 0 Å². The predicted octanol–water partition coefficient (Wildman–Crippen LogP) is 2.96. The highest BCUT2D eigenvalue weighted by molar-refractivity contribution is 5.98. The van der Waals surface area contributed by atoms with Gasteiger partial charge in [0.25, 0.3) is 5.91 Å². The smallest absolute Gasteiger partial charge is 0.258 e. The van der Waals surface area contributed by atoms with E-state index in [-0.39, 0.29) is 5.91 Å². The first-order valence-electron chi connectivity index (χ1n) is 10.7. The molecule has 0 spiro atoms. The zero-order chi connectivity index (χ0) is 21.0. The maximum absolute atomic E-state index is 13.2. The molecule has 0 unspecified atom stereocenters. The van der Waals surface area contributed by atoms with Crippen molar-refractivity contribution in [2.45, 2.75) is 25.8 Å². The number of nitrogens with zero attached hydrogens (tertiary/aromatic N) is 6. The molecule has 5 rings (SSSR count). The van der Waals surface area contributed by atoms with Crippen molar-refractivity contribution < 1.29 is 9.53 Å². The third-order valence-electron chi connectivity index (χ3n) is 5.68. The Labute approximate surface area is 180 Å². The van der Waals surface area contributed by atoms with Gasteiger partial charge in [-0.15, -0.1) is 0 Å². The molecule has 2 aliphatic heterocycles. The Morgan fingerprint density at radius 3 is 2.45 bits per heavy atom. The van der Waals surface area contributed by atoms with Gasteiger partial charge in [0, 0.05) is 43.4 Å². The molecule has 1 saturated heterocycles. The first-order chi connectivity index (χ1) is 15.3. The van der Waals surface area contributed by atoms with Crippen LogP contribution in [0.25, 0.3) is 11.1 Å². The van der Waals surface area contributed by atoms with Crippen LogP contribution in [0.15, 0.2) is 49.1 Å². The van der Waals surface area contributed by atoms with Gasteiger partial charge in [-0.1, -0.05) is 6.07 Å². The lowest BCUT2D eigenvalue weighted by Crippen LogP contribution is -2.32. The summed E-state index contributed by atoms with van der Waals surface area (Å²) in [5.41, 5.74) is 2.29. The molecule has 0 saturated carbocycles. The first kappa shape index (κ1) is 19.4. The summed E-state index contributed by atoms with van der Waals surface area (Å²) in [6.45, 7) is 3.27. The molecule has 1 aromatic carbocycles. The number of carbonyl (C=O) groups excluding carboxylic acids is 1. The summed E-state index contributed by atoms with van der Waals surface area (Å²) < 4.78 is 5.83. The second kappa shape index (κ2) is 8.67. The van der Waals surface area contributed by atoms with Gasteiger partial charge in [-0.05, 0) is 43.0 Å². The molecule has 8 nitrogen and oxygen atoms in total. The number of benzene rings is 1. The largest absolute Gasteiger partial charge is 0.491 e. The molecule has 8 heteroatoms. The molecule has 1 amide bonds. The van der Waals surface area contributed by atoms with Crippen LogP contribution in [0.2, 0.25) is 0 Å². The predicted molar refractivity (Wildman–Crippen MR) is 116 cm³/mol. The molecular weight excluding hydrogens is 392 g/mol. The number of amides is 1. The molecule has 2 aliphatic rings. The first-order valence-corrected chi connectivity index (χ1v) is 10.7. The van der Waals surface area contributed by atoms with Crippen LogP contribution in [0, 0.1) is 0 Å². The Bertz CT molecular complexity index is 1050. The second-order valence-electron chi connectivity index (χ2n) is 7.77. The van der Waals surface area contributed by atoms with Crippen LogP contribution in [0.1, 0.15) is 35.4 Å². The van der Waals surface area contributed by atoms with Crippen molar-refractivity contribution in [3.05, 3.63) is 60.4 Å². The van der Waals surface area contributed by atoms with Crippen LogP contribution in [0.3, 0.4) is 0 Å². The lowest BCUT2D eigenvalue weighted by molar-refractivity contribution is 0.0738. The number of fused-ring (bicyclic) bond motifs is 1. The van der Waals surface area contributed by atoms with E-state index in [0.29, 0.717) is 36.8 Å². The number of ether oxygens (including phenoxy) is 1. The van der Waals surface area contributed by atoms with E-state index in [1.807, 2.05) is 30.6 Å². The quantitative estimate of drug-likeness (QED) is 0.646. The fraction of sp³-hybridized carbons (Fsp3) is 0.348. The number of aromatic nitrogens is 4. The summed E-state index contributed by atoms with van der Waals surface area (Å²) >= 11 is 0. The van der Waals surface area contributed by atoms with E-state index in [0.717, 1.165) is 30.2 Å². The molecule has 0 bridgehead atoms. The maximum Gasteiger partial charge on any atom is 0.258 e. The van der Waals surface area contributed by atoms with Gasteiger partial charge in [0.15, 0.2) is 0 Å². The Kier molecular flexibility index (Phi) is 5.43. The zero-order valence-corrected chi connectivity index (χ0v) is 17.3. The molecule has 2 aromatic heterocycles. The van der Waals surface area contributed by atoms with Crippen LogP contribution < -0.4 is 9.64 Å². The monoisotopic (exact) mass is 416 g/mol. The van der Waals surface area contributed by atoms with Crippen molar-refractivity contribution in [2.24, 2.45) is 0 Å². The fourth-order valence-corrected chi connectivity index (χ4v) is 4.00. The van der Waals surface area contributed by atoms with Crippen molar-refractivity contribution in [1.29, 1.82) is 0 Å². The van der Waals surface area contributed by atoms with Crippen molar-refractivity contribution in [3.63, 3.8) is 0 Å². The molecule has 0 aliphatic carbocycles. The lowest BCUT2D eigenvalue weighted by Gasteiger charge is -2.26. The van der Waals surface area contributed by atoms with Gasteiger partial charge in [-0.25, -0.2) is 19.9 Å². The minimum atomic E-state index is -0.0901. The summed E-state index contributed by atoms with van der Waals surface area (Å²) in [5, 5.41) is 0. The Hall–Kier alpha value is -3.55.